The lowest BCUT2D eigenvalue weighted by Gasteiger charge is -2.15. The van der Waals surface area contributed by atoms with Crippen LogP contribution >= 0.6 is 0 Å². The zero-order valence-electron chi connectivity index (χ0n) is 9.44. The molecule has 0 aromatic heterocycles. The van der Waals surface area contributed by atoms with E-state index in [0.717, 1.165) is 5.56 Å². The highest BCUT2D eigenvalue weighted by Crippen LogP contribution is 2.66. The van der Waals surface area contributed by atoms with Crippen LogP contribution in [0.3, 0.4) is 0 Å². The topological polar surface area (TPSA) is 34.1 Å². The largest absolute Gasteiger partial charge is 0.298 e. The van der Waals surface area contributed by atoms with E-state index in [1.54, 1.807) is 0 Å². The van der Waals surface area contributed by atoms with E-state index in [1.165, 1.54) is 0 Å². The molecule has 0 bridgehead atoms. The monoisotopic (exact) mass is 214 g/mol. The van der Waals surface area contributed by atoms with E-state index < -0.39 is 5.92 Å². The maximum atomic E-state index is 12.2. The molecule has 0 saturated heterocycles. The number of hydrogen-bond donors (Lipinski definition) is 0. The predicted octanol–water partition coefficient (Wildman–Crippen LogP) is 2.19. The van der Waals surface area contributed by atoms with E-state index in [-0.39, 0.29) is 28.8 Å². The first-order valence-electron chi connectivity index (χ1n) is 5.67. The highest BCUT2D eigenvalue weighted by atomic mass is 16.2. The van der Waals surface area contributed by atoms with E-state index >= 15 is 0 Å². The molecule has 3 rings (SSSR count). The third-order valence-electron chi connectivity index (χ3n) is 4.14. The lowest BCUT2D eigenvalue weighted by atomic mass is 9.86. The third kappa shape index (κ3) is 1.02. The average Bonchev–Trinajstić information content (AvgIpc) is 2.70. The van der Waals surface area contributed by atoms with E-state index in [2.05, 4.69) is 0 Å². The summed E-state index contributed by atoms with van der Waals surface area (Å²) in [6.45, 7) is 4.03. The van der Waals surface area contributed by atoms with Crippen molar-refractivity contribution in [2.45, 2.75) is 19.8 Å². The number of Topliss-reactive ketones (excluding diaryl/α,β-unsaturated/α-hetero) is 2. The summed E-state index contributed by atoms with van der Waals surface area (Å²) < 4.78 is 0. The van der Waals surface area contributed by atoms with Crippen molar-refractivity contribution in [3.8, 4) is 0 Å². The van der Waals surface area contributed by atoms with Crippen LogP contribution in [0.15, 0.2) is 30.3 Å². The highest BCUT2D eigenvalue weighted by molar-refractivity contribution is 6.20. The molecule has 2 heteroatoms. The Hall–Kier alpha value is -1.44. The molecule has 1 aromatic rings. The van der Waals surface area contributed by atoms with Gasteiger partial charge in [-0.15, -0.1) is 0 Å². The van der Waals surface area contributed by atoms with Crippen molar-refractivity contribution in [2.24, 2.45) is 17.3 Å². The Balaban J connectivity index is 1.98. The summed E-state index contributed by atoms with van der Waals surface area (Å²) in [6, 6.07) is 9.41. The summed E-state index contributed by atoms with van der Waals surface area (Å²) in [5, 5.41) is 0. The van der Waals surface area contributed by atoms with Gasteiger partial charge in [0.05, 0.1) is 0 Å². The Bertz CT molecular complexity index is 449. The van der Waals surface area contributed by atoms with Crippen molar-refractivity contribution < 1.29 is 9.59 Å². The van der Waals surface area contributed by atoms with Crippen LogP contribution in [0.25, 0.3) is 0 Å². The molecule has 0 amide bonds. The van der Waals surface area contributed by atoms with Crippen molar-refractivity contribution >= 4 is 11.6 Å². The summed E-state index contributed by atoms with van der Waals surface area (Å²) in [5.41, 5.74) is 0.778. The van der Waals surface area contributed by atoms with Crippen LogP contribution in [0.1, 0.15) is 25.3 Å². The SMILES string of the molecule is CC1(C)C2C(=O)C(c3ccccc3)C(=O)C21. The van der Waals surface area contributed by atoms with Gasteiger partial charge < -0.3 is 0 Å². The molecular formula is C14H14O2. The Kier molecular flexibility index (Phi) is 1.72. The minimum atomic E-state index is -0.482. The average molecular weight is 214 g/mol. The molecule has 0 N–H and O–H groups in total. The van der Waals surface area contributed by atoms with Gasteiger partial charge in [0.15, 0.2) is 11.6 Å². The second-order valence-corrected chi connectivity index (χ2v) is 5.43. The number of fused-ring (bicyclic) bond motifs is 1. The van der Waals surface area contributed by atoms with E-state index in [9.17, 15) is 9.59 Å². The normalized spacial score (nSPS) is 35.0. The Morgan fingerprint density at radius 1 is 0.938 bits per heavy atom. The molecule has 2 atom stereocenters. The maximum absolute atomic E-state index is 12.2. The second-order valence-electron chi connectivity index (χ2n) is 5.43. The van der Waals surface area contributed by atoms with Crippen LogP contribution in [-0.4, -0.2) is 11.6 Å². The maximum Gasteiger partial charge on any atom is 0.152 e. The Labute approximate surface area is 94.7 Å². The highest BCUT2D eigenvalue weighted by Gasteiger charge is 2.72. The number of carbonyl (C=O) groups is 2. The van der Waals surface area contributed by atoms with Gasteiger partial charge in [-0.2, -0.15) is 0 Å². The van der Waals surface area contributed by atoms with Gasteiger partial charge >= 0.3 is 0 Å². The molecule has 0 aliphatic heterocycles. The molecule has 2 unspecified atom stereocenters. The molecule has 82 valence electrons. The number of benzene rings is 1. The van der Waals surface area contributed by atoms with Gasteiger partial charge in [-0.05, 0) is 11.0 Å². The van der Waals surface area contributed by atoms with E-state index in [0.29, 0.717) is 0 Å². The zero-order valence-corrected chi connectivity index (χ0v) is 9.44. The second kappa shape index (κ2) is 2.82. The van der Waals surface area contributed by atoms with Gasteiger partial charge in [-0.1, -0.05) is 44.2 Å². The van der Waals surface area contributed by atoms with Gasteiger partial charge in [-0.25, -0.2) is 0 Å². The minimum Gasteiger partial charge on any atom is -0.298 e. The smallest absolute Gasteiger partial charge is 0.152 e. The molecule has 2 saturated carbocycles. The number of ketones is 2. The summed E-state index contributed by atoms with van der Waals surface area (Å²) in [7, 11) is 0. The summed E-state index contributed by atoms with van der Waals surface area (Å²) in [6.07, 6.45) is 0. The Morgan fingerprint density at radius 3 is 1.94 bits per heavy atom. The van der Waals surface area contributed by atoms with E-state index in [4.69, 9.17) is 0 Å². The molecule has 0 heterocycles. The van der Waals surface area contributed by atoms with Gasteiger partial charge in [-0.3, -0.25) is 9.59 Å². The summed E-state index contributed by atoms with van der Waals surface area (Å²) in [4.78, 5) is 24.3. The number of rotatable bonds is 1. The van der Waals surface area contributed by atoms with Crippen molar-refractivity contribution in [1.82, 2.24) is 0 Å². The summed E-state index contributed by atoms with van der Waals surface area (Å²) >= 11 is 0. The molecule has 2 nitrogen and oxygen atoms in total. The van der Waals surface area contributed by atoms with Crippen molar-refractivity contribution in [2.75, 3.05) is 0 Å². The fourth-order valence-electron chi connectivity index (χ4n) is 3.17. The van der Waals surface area contributed by atoms with Crippen LogP contribution in [0.5, 0.6) is 0 Å². The molecule has 2 aliphatic rings. The third-order valence-corrected chi connectivity index (χ3v) is 4.14. The lowest BCUT2D eigenvalue weighted by molar-refractivity contribution is -0.127. The first-order valence-corrected chi connectivity index (χ1v) is 5.67. The van der Waals surface area contributed by atoms with Gasteiger partial charge in [0.2, 0.25) is 0 Å². The van der Waals surface area contributed by atoms with E-state index in [1.807, 2.05) is 44.2 Å². The van der Waals surface area contributed by atoms with Gasteiger partial charge in [0.25, 0.3) is 0 Å². The fraction of sp³-hybridized carbons (Fsp3) is 0.429. The van der Waals surface area contributed by atoms with Crippen LogP contribution < -0.4 is 0 Å². The Morgan fingerprint density at radius 2 is 1.44 bits per heavy atom. The van der Waals surface area contributed by atoms with Crippen LogP contribution in [0, 0.1) is 17.3 Å². The zero-order chi connectivity index (χ0) is 11.5. The molecule has 16 heavy (non-hydrogen) atoms. The van der Waals surface area contributed by atoms with Crippen molar-refractivity contribution in [3.05, 3.63) is 35.9 Å². The molecule has 2 aliphatic carbocycles. The van der Waals surface area contributed by atoms with Gasteiger partial charge in [0, 0.05) is 11.8 Å². The molecule has 0 radical (unpaired) electrons. The lowest BCUT2D eigenvalue weighted by Crippen LogP contribution is -2.22. The molecule has 1 aromatic carbocycles. The van der Waals surface area contributed by atoms with Crippen LogP contribution in [0.2, 0.25) is 0 Å². The first kappa shape index (κ1) is 9.76. The standard InChI is InChI=1S/C14H14O2/c1-14(2)10-11(14)13(16)9(12(10)15)8-6-4-3-5-7-8/h3-7,9-11H,1-2H3. The summed E-state index contributed by atoms with van der Waals surface area (Å²) in [5.74, 6) is -0.267. The number of hydrogen-bond acceptors (Lipinski definition) is 2. The first-order chi connectivity index (χ1) is 7.55. The quantitative estimate of drug-likeness (QED) is 0.671. The van der Waals surface area contributed by atoms with Crippen molar-refractivity contribution in [1.29, 1.82) is 0 Å². The fourth-order valence-corrected chi connectivity index (χ4v) is 3.17. The minimum absolute atomic E-state index is 0.0230. The van der Waals surface area contributed by atoms with Gasteiger partial charge in [0.1, 0.15) is 5.92 Å². The predicted molar refractivity (Wildman–Crippen MR) is 60.0 cm³/mol. The van der Waals surface area contributed by atoms with Crippen LogP contribution in [-0.2, 0) is 9.59 Å². The molecule has 0 spiro atoms. The molecule has 2 fully saturated rings. The van der Waals surface area contributed by atoms with Crippen molar-refractivity contribution in [3.63, 3.8) is 0 Å². The number of carbonyl (C=O) groups excluding carboxylic acids is 2. The molecular weight excluding hydrogens is 200 g/mol. The van der Waals surface area contributed by atoms with Crippen LogP contribution in [0.4, 0.5) is 0 Å².